The molecule has 1 aliphatic rings. The van der Waals surface area contributed by atoms with Gasteiger partial charge in [0.1, 0.15) is 13.2 Å². The van der Waals surface area contributed by atoms with Gasteiger partial charge in [0, 0.05) is 0 Å². The average Bonchev–Trinajstić information content (AvgIpc) is 2.50. The molecule has 0 aliphatic carbocycles. The molecule has 8 heteroatoms. The predicted molar refractivity (Wildman–Crippen MR) is 69.9 cm³/mol. The van der Waals surface area contributed by atoms with Crippen LogP contribution in [0.1, 0.15) is 10.4 Å². The van der Waals surface area contributed by atoms with Gasteiger partial charge in [-0.3, -0.25) is 9.59 Å². The van der Waals surface area contributed by atoms with E-state index in [1.807, 2.05) is 0 Å². The molecule has 0 radical (unpaired) electrons. The third-order valence-electron chi connectivity index (χ3n) is 2.57. The van der Waals surface area contributed by atoms with E-state index in [4.69, 9.17) is 19.9 Å². The summed E-state index contributed by atoms with van der Waals surface area (Å²) in [6, 6.07) is 4.59. The van der Waals surface area contributed by atoms with E-state index in [-0.39, 0.29) is 12.1 Å². The molecule has 1 aromatic carbocycles. The Morgan fingerprint density at radius 2 is 1.90 bits per heavy atom. The second-order valence-electron chi connectivity index (χ2n) is 4.18. The Morgan fingerprint density at radius 1 is 1.19 bits per heavy atom. The van der Waals surface area contributed by atoms with Crippen molar-refractivity contribution in [3.8, 4) is 11.5 Å². The first kappa shape index (κ1) is 14.6. The quantitative estimate of drug-likeness (QED) is 0.688. The van der Waals surface area contributed by atoms with E-state index in [0.29, 0.717) is 24.7 Å². The Labute approximate surface area is 120 Å². The van der Waals surface area contributed by atoms with Gasteiger partial charge in [0.25, 0.3) is 5.91 Å². The van der Waals surface area contributed by atoms with Crippen LogP contribution in [0.15, 0.2) is 18.2 Å². The predicted octanol–water partition coefficient (Wildman–Crippen LogP) is -0.784. The van der Waals surface area contributed by atoms with Crippen LogP contribution < -0.4 is 20.5 Å². The van der Waals surface area contributed by atoms with Gasteiger partial charge in [0.2, 0.25) is 5.91 Å². The Hall–Kier alpha value is -2.77. The van der Waals surface area contributed by atoms with Crippen LogP contribution >= 0.6 is 0 Å². The zero-order chi connectivity index (χ0) is 15.2. The summed E-state index contributed by atoms with van der Waals surface area (Å²) in [7, 11) is 0. The van der Waals surface area contributed by atoms with Crippen LogP contribution in [0.2, 0.25) is 0 Å². The van der Waals surface area contributed by atoms with Gasteiger partial charge >= 0.3 is 5.97 Å². The van der Waals surface area contributed by atoms with Crippen LogP contribution in [0.4, 0.5) is 0 Å². The largest absolute Gasteiger partial charge is 0.486 e. The molecule has 0 saturated heterocycles. The van der Waals surface area contributed by atoms with Crippen molar-refractivity contribution in [3.05, 3.63) is 23.8 Å². The second-order valence-corrected chi connectivity index (χ2v) is 4.18. The number of nitrogens with one attached hydrogen (secondary N) is 1. The minimum absolute atomic E-state index is 0.238. The number of primary amides is 1. The molecule has 1 aliphatic heterocycles. The summed E-state index contributed by atoms with van der Waals surface area (Å²) in [4.78, 5) is 33.5. The molecule has 0 atom stereocenters. The molecule has 2 amide bonds. The van der Waals surface area contributed by atoms with E-state index in [1.54, 1.807) is 6.07 Å². The second kappa shape index (κ2) is 6.60. The molecule has 1 heterocycles. The lowest BCUT2D eigenvalue weighted by molar-refractivity contribution is -0.127. The maximum absolute atomic E-state index is 11.8. The molecule has 0 aromatic heterocycles. The summed E-state index contributed by atoms with van der Waals surface area (Å²) in [5.41, 5.74) is 5.10. The van der Waals surface area contributed by atoms with Gasteiger partial charge in [0.05, 0.1) is 12.1 Å². The van der Waals surface area contributed by atoms with Crippen LogP contribution in [-0.2, 0) is 14.3 Å². The number of fused-ring (bicyclic) bond motifs is 1. The standard InChI is InChI=1S/C13H14N2O6/c14-11(16)6-15-12(17)7-21-13(18)8-1-2-9-10(5-8)20-4-3-19-9/h1-2,5H,3-4,6-7H2,(H2,14,16)(H,15,17). The van der Waals surface area contributed by atoms with Gasteiger partial charge in [0.15, 0.2) is 18.1 Å². The third kappa shape index (κ3) is 4.10. The van der Waals surface area contributed by atoms with Crippen molar-refractivity contribution in [2.75, 3.05) is 26.4 Å². The van der Waals surface area contributed by atoms with E-state index in [0.717, 1.165) is 0 Å². The fourth-order valence-corrected chi connectivity index (χ4v) is 1.62. The fraction of sp³-hybridized carbons (Fsp3) is 0.308. The summed E-state index contributed by atoms with van der Waals surface area (Å²) in [5.74, 6) is -0.965. The number of amides is 2. The van der Waals surface area contributed by atoms with Crippen molar-refractivity contribution in [2.45, 2.75) is 0 Å². The smallest absolute Gasteiger partial charge is 0.338 e. The number of carbonyl (C=O) groups is 3. The molecule has 8 nitrogen and oxygen atoms in total. The average molecular weight is 294 g/mol. The van der Waals surface area contributed by atoms with Crippen molar-refractivity contribution >= 4 is 17.8 Å². The first-order chi connectivity index (χ1) is 10.1. The highest BCUT2D eigenvalue weighted by molar-refractivity contribution is 5.92. The van der Waals surface area contributed by atoms with Crippen LogP contribution in [-0.4, -0.2) is 44.1 Å². The zero-order valence-corrected chi connectivity index (χ0v) is 11.1. The minimum atomic E-state index is -0.679. The van der Waals surface area contributed by atoms with E-state index >= 15 is 0 Å². The van der Waals surface area contributed by atoms with Crippen LogP contribution in [0.5, 0.6) is 11.5 Å². The van der Waals surface area contributed by atoms with Crippen LogP contribution in [0.25, 0.3) is 0 Å². The van der Waals surface area contributed by atoms with Crippen molar-refractivity contribution in [1.82, 2.24) is 5.32 Å². The lowest BCUT2D eigenvalue weighted by atomic mass is 10.2. The summed E-state index contributed by atoms with van der Waals surface area (Å²) >= 11 is 0. The number of esters is 1. The highest BCUT2D eigenvalue weighted by Gasteiger charge is 2.16. The molecule has 3 N–H and O–H groups in total. The maximum Gasteiger partial charge on any atom is 0.338 e. The number of benzene rings is 1. The van der Waals surface area contributed by atoms with E-state index in [2.05, 4.69) is 5.32 Å². The molecule has 0 unspecified atom stereocenters. The van der Waals surface area contributed by atoms with Gasteiger partial charge < -0.3 is 25.3 Å². The zero-order valence-electron chi connectivity index (χ0n) is 11.1. The molecule has 0 bridgehead atoms. The molecular weight excluding hydrogens is 280 g/mol. The molecule has 1 aromatic rings. The van der Waals surface area contributed by atoms with Crippen molar-refractivity contribution in [2.24, 2.45) is 5.73 Å². The molecule has 21 heavy (non-hydrogen) atoms. The molecular formula is C13H14N2O6. The summed E-state index contributed by atoms with van der Waals surface area (Å²) in [6.07, 6.45) is 0. The summed E-state index contributed by atoms with van der Waals surface area (Å²) < 4.78 is 15.5. The van der Waals surface area contributed by atoms with Gasteiger partial charge in [-0.25, -0.2) is 4.79 Å². The first-order valence-corrected chi connectivity index (χ1v) is 6.18. The van der Waals surface area contributed by atoms with Gasteiger partial charge in [-0.2, -0.15) is 0 Å². The highest BCUT2D eigenvalue weighted by atomic mass is 16.6. The number of hydrogen-bond acceptors (Lipinski definition) is 6. The van der Waals surface area contributed by atoms with Gasteiger partial charge in [-0.15, -0.1) is 0 Å². The number of rotatable bonds is 5. The minimum Gasteiger partial charge on any atom is -0.486 e. The summed E-state index contributed by atoms with van der Waals surface area (Å²) in [5, 5.41) is 2.20. The lowest BCUT2D eigenvalue weighted by Crippen LogP contribution is -2.36. The maximum atomic E-state index is 11.8. The highest BCUT2D eigenvalue weighted by Crippen LogP contribution is 2.30. The van der Waals surface area contributed by atoms with Crippen LogP contribution in [0.3, 0.4) is 0 Å². The number of ether oxygens (including phenoxy) is 3. The number of hydrogen-bond donors (Lipinski definition) is 2. The molecule has 2 rings (SSSR count). The Balaban J connectivity index is 1.88. The Kier molecular flexibility index (Phi) is 4.60. The SMILES string of the molecule is NC(=O)CNC(=O)COC(=O)c1ccc2c(c1)OCCO2. The summed E-state index contributed by atoms with van der Waals surface area (Å²) in [6.45, 7) is 0.0544. The fourth-order valence-electron chi connectivity index (χ4n) is 1.62. The van der Waals surface area contributed by atoms with E-state index in [9.17, 15) is 14.4 Å². The normalized spacial score (nSPS) is 12.4. The monoisotopic (exact) mass is 294 g/mol. The van der Waals surface area contributed by atoms with Crippen LogP contribution in [0, 0.1) is 0 Å². The van der Waals surface area contributed by atoms with E-state index < -0.39 is 24.4 Å². The third-order valence-corrected chi connectivity index (χ3v) is 2.57. The topological polar surface area (TPSA) is 117 Å². The Morgan fingerprint density at radius 3 is 2.62 bits per heavy atom. The molecule has 0 spiro atoms. The number of carbonyl (C=O) groups excluding carboxylic acids is 3. The Bertz CT molecular complexity index is 572. The molecule has 0 fully saturated rings. The number of nitrogens with two attached hydrogens (primary N) is 1. The van der Waals surface area contributed by atoms with Crippen molar-refractivity contribution in [3.63, 3.8) is 0 Å². The van der Waals surface area contributed by atoms with Gasteiger partial charge in [-0.05, 0) is 18.2 Å². The molecule has 112 valence electrons. The van der Waals surface area contributed by atoms with Gasteiger partial charge in [-0.1, -0.05) is 0 Å². The van der Waals surface area contributed by atoms with Crippen molar-refractivity contribution < 1.29 is 28.6 Å². The lowest BCUT2D eigenvalue weighted by Gasteiger charge is -2.18. The van der Waals surface area contributed by atoms with Crippen molar-refractivity contribution in [1.29, 1.82) is 0 Å². The first-order valence-electron chi connectivity index (χ1n) is 6.18. The van der Waals surface area contributed by atoms with E-state index in [1.165, 1.54) is 12.1 Å². The molecule has 0 saturated carbocycles.